The van der Waals surface area contributed by atoms with Crippen LogP contribution < -0.4 is 4.74 Å². The SMILES string of the molecule is O=C(Oc1ccc(F)cc1)C1CCOCC1. The largest absolute Gasteiger partial charge is 0.426 e. The summed E-state index contributed by atoms with van der Waals surface area (Å²) in [4.78, 5) is 11.7. The second-order valence-electron chi connectivity index (χ2n) is 3.76. The third-order valence-corrected chi connectivity index (χ3v) is 2.59. The summed E-state index contributed by atoms with van der Waals surface area (Å²) in [5.74, 6) is -0.308. The van der Waals surface area contributed by atoms with Crippen LogP contribution in [0.1, 0.15) is 12.8 Å². The second-order valence-corrected chi connectivity index (χ2v) is 3.76. The number of halogens is 1. The molecule has 0 atom stereocenters. The Morgan fingerprint density at radius 2 is 1.88 bits per heavy atom. The van der Waals surface area contributed by atoms with Gasteiger partial charge in [-0.15, -0.1) is 0 Å². The minimum atomic E-state index is -0.342. The summed E-state index contributed by atoms with van der Waals surface area (Å²) in [6.45, 7) is 1.20. The lowest BCUT2D eigenvalue weighted by Gasteiger charge is -2.20. The van der Waals surface area contributed by atoms with Crippen molar-refractivity contribution >= 4 is 5.97 Å². The smallest absolute Gasteiger partial charge is 0.314 e. The van der Waals surface area contributed by atoms with Gasteiger partial charge in [-0.3, -0.25) is 4.79 Å². The van der Waals surface area contributed by atoms with Crippen LogP contribution in [-0.4, -0.2) is 19.2 Å². The molecule has 1 aromatic rings. The van der Waals surface area contributed by atoms with Gasteiger partial charge in [-0.1, -0.05) is 0 Å². The van der Waals surface area contributed by atoms with Crippen molar-refractivity contribution in [1.29, 1.82) is 0 Å². The van der Waals surface area contributed by atoms with Crippen molar-refractivity contribution in [3.63, 3.8) is 0 Å². The molecule has 1 saturated heterocycles. The Balaban J connectivity index is 1.93. The van der Waals surface area contributed by atoms with Gasteiger partial charge in [0.1, 0.15) is 11.6 Å². The van der Waals surface area contributed by atoms with Crippen molar-refractivity contribution in [2.45, 2.75) is 12.8 Å². The summed E-state index contributed by atoms with van der Waals surface area (Å²) < 4.78 is 22.9. The first-order chi connectivity index (χ1) is 7.75. The molecule has 0 spiro atoms. The van der Waals surface area contributed by atoms with Gasteiger partial charge in [0.2, 0.25) is 0 Å². The fraction of sp³-hybridized carbons (Fsp3) is 0.417. The van der Waals surface area contributed by atoms with Crippen LogP contribution >= 0.6 is 0 Å². The molecule has 0 aromatic heterocycles. The van der Waals surface area contributed by atoms with Gasteiger partial charge in [0.05, 0.1) is 5.92 Å². The molecule has 16 heavy (non-hydrogen) atoms. The lowest BCUT2D eigenvalue weighted by Crippen LogP contribution is -2.27. The molecular weight excluding hydrogens is 211 g/mol. The van der Waals surface area contributed by atoms with Crippen LogP contribution in [0, 0.1) is 11.7 Å². The van der Waals surface area contributed by atoms with E-state index in [0.29, 0.717) is 31.8 Å². The van der Waals surface area contributed by atoms with E-state index in [4.69, 9.17) is 9.47 Å². The Labute approximate surface area is 93.2 Å². The standard InChI is InChI=1S/C12H13FO3/c13-10-1-3-11(4-2-10)16-12(14)9-5-7-15-8-6-9/h1-4,9H,5-8H2. The average Bonchev–Trinajstić information content (AvgIpc) is 2.33. The zero-order chi connectivity index (χ0) is 11.4. The minimum Gasteiger partial charge on any atom is -0.426 e. The molecule has 0 N–H and O–H groups in total. The lowest BCUT2D eigenvalue weighted by atomic mass is 10.0. The maximum atomic E-state index is 12.6. The molecule has 0 saturated carbocycles. The summed E-state index contributed by atoms with van der Waals surface area (Å²) in [6, 6.07) is 5.44. The maximum Gasteiger partial charge on any atom is 0.314 e. The van der Waals surface area contributed by atoms with Crippen molar-refractivity contribution < 1.29 is 18.7 Å². The molecule has 1 aliphatic heterocycles. The van der Waals surface area contributed by atoms with Crippen molar-refractivity contribution in [1.82, 2.24) is 0 Å². The monoisotopic (exact) mass is 224 g/mol. The van der Waals surface area contributed by atoms with Crippen molar-refractivity contribution in [2.24, 2.45) is 5.92 Å². The maximum absolute atomic E-state index is 12.6. The number of carbonyl (C=O) groups is 1. The molecule has 3 nitrogen and oxygen atoms in total. The highest BCUT2D eigenvalue weighted by molar-refractivity contribution is 5.75. The van der Waals surface area contributed by atoms with E-state index in [-0.39, 0.29) is 17.7 Å². The van der Waals surface area contributed by atoms with Crippen LogP contribution in [-0.2, 0) is 9.53 Å². The van der Waals surface area contributed by atoms with E-state index in [1.807, 2.05) is 0 Å². The third-order valence-electron chi connectivity index (χ3n) is 2.59. The molecule has 0 amide bonds. The van der Waals surface area contributed by atoms with E-state index in [2.05, 4.69) is 0 Å². The van der Waals surface area contributed by atoms with Crippen LogP contribution in [0.25, 0.3) is 0 Å². The highest BCUT2D eigenvalue weighted by atomic mass is 19.1. The molecular formula is C12H13FO3. The van der Waals surface area contributed by atoms with Crippen molar-refractivity contribution in [2.75, 3.05) is 13.2 Å². The van der Waals surface area contributed by atoms with E-state index in [0.717, 1.165) is 0 Å². The van der Waals surface area contributed by atoms with Crippen LogP contribution in [0.5, 0.6) is 5.75 Å². The lowest BCUT2D eigenvalue weighted by molar-refractivity contribution is -0.142. The summed E-state index contributed by atoms with van der Waals surface area (Å²) in [6.07, 6.45) is 1.39. The first-order valence-corrected chi connectivity index (χ1v) is 5.31. The fourth-order valence-corrected chi connectivity index (χ4v) is 1.64. The van der Waals surface area contributed by atoms with Gasteiger partial charge in [-0.2, -0.15) is 0 Å². The summed E-state index contributed by atoms with van der Waals surface area (Å²) in [5, 5.41) is 0. The first kappa shape index (κ1) is 11.1. The fourth-order valence-electron chi connectivity index (χ4n) is 1.64. The van der Waals surface area contributed by atoms with Crippen LogP contribution in [0.15, 0.2) is 24.3 Å². The van der Waals surface area contributed by atoms with Crippen LogP contribution in [0.3, 0.4) is 0 Å². The van der Waals surface area contributed by atoms with E-state index in [9.17, 15) is 9.18 Å². The molecule has 0 radical (unpaired) electrons. The number of esters is 1. The van der Waals surface area contributed by atoms with Crippen molar-refractivity contribution in [3.8, 4) is 5.75 Å². The number of benzene rings is 1. The molecule has 86 valence electrons. The Hall–Kier alpha value is -1.42. The Morgan fingerprint density at radius 1 is 1.25 bits per heavy atom. The third kappa shape index (κ3) is 2.79. The van der Waals surface area contributed by atoms with Gasteiger partial charge in [0, 0.05) is 13.2 Å². The number of hydrogen-bond donors (Lipinski definition) is 0. The van der Waals surface area contributed by atoms with E-state index >= 15 is 0 Å². The molecule has 0 aliphatic carbocycles. The van der Waals surface area contributed by atoms with E-state index in [1.165, 1.54) is 24.3 Å². The highest BCUT2D eigenvalue weighted by Gasteiger charge is 2.23. The predicted molar refractivity (Wildman–Crippen MR) is 55.6 cm³/mol. The molecule has 0 bridgehead atoms. The van der Waals surface area contributed by atoms with Crippen LogP contribution in [0.2, 0.25) is 0 Å². The molecule has 1 aliphatic rings. The molecule has 4 heteroatoms. The Morgan fingerprint density at radius 3 is 2.50 bits per heavy atom. The van der Waals surface area contributed by atoms with E-state index < -0.39 is 0 Å². The number of ether oxygens (including phenoxy) is 2. The molecule has 1 fully saturated rings. The van der Waals surface area contributed by atoms with Gasteiger partial charge < -0.3 is 9.47 Å². The first-order valence-electron chi connectivity index (χ1n) is 5.31. The summed E-state index contributed by atoms with van der Waals surface area (Å²) in [7, 11) is 0. The molecule has 0 unspecified atom stereocenters. The molecule has 1 aromatic carbocycles. The summed E-state index contributed by atoms with van der Waals surface area (Å²) in [5.41, 5.74) is 0. The van der Waals surface area contributed by atoms with Gasteiger partial charge in [-0.25, -0.2) is 4.39 Å². The van der Waals surface area contributed by atoms with Gasteiger partial charge >= 0.3 is 5.97 Å². The van der Waals surface area contributed by atoms with Gasteiger partial charge in [-0.05, 0) is 37.1 Å². The van der Waals surface area contributed by atoms with Crippen molar-refractivity contribution in [3.05, 3.63) is 30.1 Å². The van der Waals surface area contributed by atoms with Crippen LogP contribution in [0.4, 0.5) is 4.39 Å². The van der Waals surface area contributed by atoms with E-state index in [1.54, 1.807) is 0 Å². The van der Waals surface area contributed by atoms with Gasteiger partial charge in [0.15, 0.2) is 0 Å². The number of rotatable bonds is 2. The highest BCUT2D eigenvalue weighted by Crippen LogP contribution is 2.19. The number of hydrogen-bond acceptors (Lipinski definition) is 3. The minimum absolute atomic E-state index is 0.0983. The summed E-state index contributed by atoms with van der Waals surface area (Å²) >= 11 is 0. The normalized spacial score (nSPS) is 17.1. The Bertz CT molecular complexity index is 355. The Kier molecular flexibility index (Phi) is 3.51. The topological polar surface area (TPSA) is 35.5 Å². The number of carbonyl (C=O) groups excluding carboxylic acids is 1. The molecule has 2 rings (SSSR count). The predicted octanol–water partition coefficient (Wildman–Crippen LogP) is 2.16. The molecule has 1 heterocycles. The van der Waals surface area contributed by atoms with Gasteiger partial charge in [0.25, 0.3) is 0 Å². The quantitative estimate of drug-likeness (QED) is 0.570. The average molecular weight is 224 g/mol. The zero-order valence-corrected chi connectivity index (χ0v) is 8.82. The zero-order valence-electron chi connectivity index (χ0n) is 8.82. The second kappa shape index (κ2) is 5.07.